The number of carbonyl (C=O) groups is 2. The number of nitrogens with zero attached hydrogens (tertiary/aromatic N) is 1. The van der Waals surface area contributed by atoms with E-state index in [0.29, 0.717) is 24.7 Å². The van der Waals surface area contributed by atoms with E-state index in [4.69, 9.17) is 9.47 Å². The van der Waals surface area contributed by atoms with Crippen LogP contribution in [0, 0.1) is 34.0 Å². The molecule has 0 radical (unpaired) electrons. The molecule has 1 saturated heterocycles. The zero-order valence-electron chi connectivity index (χ0n) is 19.5. The molecule has 1 aliphatic heterocycles. The molecule has 0 unspecified atom stereocenters. The molecule has 0 aromatic heterocycles. The molecule has 2 aliphatic carbocycles. The van der Waals surface area contributed by atoms with Crippen LogP contribution in [0.15, 0.2) is 29.0 Å². The number of rotatable bonds is 7. The molecule has 172 valence electrons. The van der Waals surface area contributed by atoms with E-state index in [1.165, 1.54) is 5.57 Å². The second-order valence-corrected chi connectivity index (χ2v) is 10.4. The molecule has 0 aromatic rings. The van der Waals surface area contributed by atoms with Crippen molar-refractivity contribution in [3.8, 4) is 0 Å². The van der Waals surface area contributed by atoms with E-state index in [-0.39, 0.29) is 42.4 Å². The molecule has 0 saturated carbocycles. The van der Waals surface area contributed by atoms with Crippen molar-refractivity contribution >= 4 is 11.9 Å². The van der Waals surface area contributed by atoms with Gasteiger partial charge in [0.1, 0.15) is 18.2 Å². The van der Waals surface area contributed by atoms with Gasteiger partial charge in [-0.05, 0) is 62.9 Å². The predicted octanol–water partition coefficient (Wildman–Crippen LogP) is 5.36. The summed E-state index contributed by atoms with van der Waals surface area (Å²) in [6.45, 7) is 10.3. The van der Waals surface area contributed by atoms with Crippen LogP contribution in [-0.4, -0.2) is 30.2 Å². The van der Waals surface area contributed by atoms with Gasteiger partial charge in [-0.2, -0.15) is 4.91 Å². The predicted molar refractivity (Wildman–Crippen MR) is 119 cm³/mol. The van der Waals surface area contributed by atoms with Crippen LogP contribution in [0.3, 0.4) is 0 Å². The van der Waals surface area contributed by atoms with Gasteiger partial charge in [0.05, 0.1) is 11.8 Å². The number of ether oxygens (including phenoxy) is 2. The Kier molecular flexibility index (Phi) is 7.38. The van der Waals surface area contributed by atoms with Crippen molar-refractivity contribution in [2.75, 3.05) is 0 Å². The van der Waals surface area contributed by atoms with Crippen LogP contribution in [-0.2, 0) is 19.1 Å². The minimum absolute atomic E-state index is 0.0845. The Morgan fingerprint density at radius 1 is 1.26 bits per heavy atom. The third kappa shape index (κ3) is 5.45. The number of hydrogen-bond acceptors (Lipinski definition) is 6. The lowest BCUT2D eigenvalue weighted by atomic mass is 9.65. The van der Waals surface area contributed by atoms with E-state index in [0.717, 1.165) is 19.3 Å². The number of hydrogen-bond donors (Lipinski definition) is 0. The molecule has 6 heteroatoms. The fourth-order valence-corrected chi connectivity index (χ4v) is 5.16. The van der Waals surface area contributed by atoms with Gasteiger partial charge >= 0.3 is 11.9 Å². The topological polar surface area (TPSA) is 82.0 Å². The lowest BCUT2D eigenvalue weighted by Crippen LogP contribution is -2.43. The fraction of sp³-hybridized carbons (Fsp3) is 0.760. The van der Waals surface area contributed by atoms with Crippen molar-refractivity contribution in [1.29, 1.82) is 0 Å². The molecule has 0 amide bonds. The summed E-state index contributed by atoms with van der Waals surface area (Å²) in [5.41, 5.74) is 0.755. The van der Waals surface area contributed by atoms with E-state index in [9.17, 15) is 14.5 Å². The number of esters is 2. The minimum Gasteiger partial charge on any atom is -0.462 e. The molecule has 31 heavy (non-hydrogen) atoms. The molecular weight excluding hydrogens is 394 g/mol. The van der Waals surface area contributed by atoms with Gasteiger partial charge in [0.2, 0.25) is 0 Å². The summed E-state index contributed by atoms with van der Waals surface area (Å²) in [6, 6.07) is -0.481. The fourth-order valence-electron chi connectivity index (χ4n) is 5.16. The van der Waals surface area contributed by atoms with Crippen molar-refractivity contribution in [2.24, 2.45) is 34.3 Å². The lowest BCUT2D eigenvalue weighted by molar-refractivity contribution is -0.165. The van der Waals surface area contributed by atoms with Crippen LogP contribution in [0.25, 0.3) is 0 Å². The second kappa shape index (κ2) is 9.66. The number of nitroso groups, excluding NO2 is 1. The Morgan fingerprint density at radius 3 is 2.68 bits per heavy atom. The van der Waals surface area contributed by atoms with Gasteiger partial charge < -0.3 is 9.47 Å². The highest BCUT2D eigenvalue weighted by Crippen LogP contribution is 2.45. The largest absolute Gasteiger partial charge is 0.462 e. The van der Waals surface area contributed by atoms with Crippen LogP contribution in [0.2, 0.25) is 0 Å². The highest BCUT2D eigenvalue weighted by atomic mass is 16.5. The summed E-state index contributed by atoms with van der Waals surface area (Å²) in [6.07, 6.45) is 10.0. The van der Waals surface area contributed by atoms with E-state index in [1.54, 1.807) is 0 Å². The Labute approximate surface area is 185 Å². The summed E-state index contributed by atoms with van der Waals surface area (Å²) >= 11 is 0. The van der Waals surface area contributed by atoms with Gasteiger partial charge in [-0.1, -0.05) is 44.2 Å². The first-order valence-electron chi connectivity index (χ1n) is 11.8. The zero-order valence-corrected chi connectivity index (χ0v) is 19.5. The summed E-state index contributed by atoms with van der Waals surface area (Å²) in [4.78, 5) is 35.7. The van der Waals surface area contributed by atoms with Crippen LogP contribution < -0.4 is 0 Å². The maximum absolute atomic E-state index is 12.9. The minimum atomic E-state index is -0.497. The summed E-state index contributed by atoms with van der Waals surface area (Å²) in [7, 11) is 0. The quantitative estimate of drug-likeness (QED) is 0.400. The first-order chi connectivity index (χ1) is 14.6. The summed E-state index contributed by atoms with van der Waals surface area (Å²) in [5.74, 6) is 0.650. The Bertz CT molecular complexity index is 755. The molecule has 1 heterocycles. The molecule has 0 aromatic carbocycles. The maximum Gasteiger partial charge on any atom is 0.311 e. The van der Waals surface area contributed by atoms with Crippen molar-refractivity contribution in [2.45, 2.75) is 91.4 Å². The SMILES string of the molecule is CCC(C)(C)C(=O)O[C@H]1C[C@@H](C)C=C2C=C[C@H](C)[C@H](CC[C@@H]3C[C@@H](N=O)CC(=O)O3)[C@H]21. The molecule has 1 fully saturated rings. The van der Waals surface area contributed by atoms with Crippen molar-refractivity contribution in [1.82, 2.24) is 0 Å². The number of carbonyl (C=O) groups excluding carboxylic acids is 2. The first kappa shape index (κ1) is 23.7. The number of fused-ring (bicyclic) bond motifs is 1. The molecule has 3 aliphatic rings. The van der Waals surface area contributed by atoms with Crippen molar-refractivity contribution in [3.63, 3.8) is 0 Å². The van der Waals surface area contributed by atoms with E-state index < -0.39 is 11.5 Å². The third-order valence-electron chi connectivity index (χ3n) is 7.50. The Morgan fingerprint density at radius 2 is 2.00 bits per heavy atom. The van der Waals surface area contributed by atoms with E-state index in [2.05, 4.69) is 37.3 Å². The van der Waals surface area contributed by atoms with Gasteiger partial charge in [-0.15, -0.1) is 0 Å². The first-order valence-corrected chi connectivity index (χ1v) is 11.8. The highest BCUT2D eigenvalue weighted by molar-refractivity contribution is 5.76. The smallest absolute Gasteiger partial charge is 0.311 e. The lowest BCUT2D eigenvalue weighted by Gasteiger charge is -2.44. The number of allylic oxidation sites excluding steroid dienone is 3. The van der Waals surface area contributed by atoms with Gasteiger partial charge in [-0.3, -0.25) is 9.59 Å². The molecule has 3 rings (SSSR count). The van der Waals surface area contributed by atoms with Gasteiger partial charge in [0.15, 0.2) is 0 Å². The molecule has 0 N–H and O–H groups in total. The zero-order chi connectivity index (χ0) is 22.8. The highest BCUT2D eigenvalue weighted by Gasteiger charge is 2.43. The summed E-state index contributed by atoms with van der Waals surface area (Å²) < 4.78 is 11.6. The van der Waals surface area contributed by atoms with Crippen LogP contribution in [0.1, 0.15) is 73.1 Å². The average Bonchev–Trinajstić information content (AvgIpc) is 2.72. The average molecular weight is 432 g/mol. The van der Waals surface area contributed by atoms with Crippen LogP contribution in [0.5, 0.6) is 0 Å². The van der Waals surface area contributed by atoms with Crippen LogP contribution in [0.4, 0.5) is 0 Å². The van der Waals surface area contributed by atoms with Gasteiger partial charge in [-0.25, -0.2) is 0 Å². The van der Waals surface area contributed by atoms with Crippen molar-refractivity contribution in [3.05, 3.63) is 28.7 Å². The van der Waals surface area contributed by atoms with Crippen LogP contribution >= 0.6 is 0 Å². The Hall–Kier alpha value is -1.98. The molecular formula is C25H37NO5. The monoisotopic (exact) mass is 431 g/mol. The normalized spacial score (nSPS) is 35.6. The molecule has 7 atom stereocenters. The Balaban J connectivity index is 1.76. The molecule has 0 bridgehead atoms. The van der Waals surface area contributed by atoms with E-state index >= 15 is 0 Å². The maximum atomic E-state index is 12.9. The van der Waals surface area contributed by atoms with E-state index in [1.807, 2.05) is 20.8 Å². The number of cyclic esters (lactones) is 1. The molecule has 0 spiro atoms. The standard InChI is InChI=1S/C25H37NO5/c1-6-25(4,5)24(28)31-21-12-15(2)11-17-8-7-16(3)20(23(17)21)10-9-19-13-18(26-29)14-22(27)30-19/h7-8,11,15-16,18-21,23H,6,9-10,12-14H2,1-5H3/t15-,16-,18+,19+,20-,21-,23-/m0/s1. The van der Waals surface area contributed by atoms with Gasteiger partial charge in [0, 0.05) is 12.3 Å². The third-order valence-corrected chi connectivity index (χ3v) is 7.50. The molecule has 6 nitrogen and oxygen atoms in total. The van der Waals surface area contributed by atoms with Crippen molar-refractivity contribution < 1.29 is 19.1 Å². The summed E-state index contributed by atoms with van der Waals surface area (Å²) in [5, 5.41) is 3.08. The second-order valence-electron chi connectivity index (χ2n) is 10.4. The van der Waals surface area contributed by atoms with Gasteiger partial charge in [0.25, 0.3) is 0 Å².